The summed E-state index contributed by atoms with van der Waals surface area (Å²) in [6, 6.07) is 14.1. The van der Waals surface area contributed by atoms with Gasteiger partial charge in [0, 0.05) is 16.6 Å². The van der Waals surface area contributed by atoms with Crippen LogP contribution in [0.3, 0.4) is 0 Å². The molecule has 0 bridgehead atoms. The highest BCUT2D eigenvalue weighted by molar-refractivity contribution is 9.10. The van der Waals surface area contributed by atoms with Gasteiger partial charge in [-0.2, -0.15) is 0 Å². The van der Waals surface area contributed by atoms with Gasteiger partial charge in [0.2, 0.25) is 0 Å². The van der Waals surface area contributed by atoms with E-state index in [0.29, 0.717) is 11.5 Å². The molecule has 1 saturated heterocycles. The molecule has 0 unspecified atom stereocenters. The third-order valence-corrected chi connectivity index (χ3v) is 5.43. The first-order valence-corrected chi connectivity index (χ1v) is 9.89. The van der Waals surface area contributed by atoms with Crippen molar-refractivity contribution in [3.05, 3.63) is 87.9 Å². The standard InChI is InChI=1S/C23H22BrNO3/c1-4-13-25-20(16-7-5-15(6-8-16)14(2)3)19(22(27)23(25)28)21(26)17-9-11-18(24)12-10-17/h4-12,14,20,26H,1,13H2,2-3H3/t20-/m1/s1. The number of benzene rings is 2. The van der Waals surface area contributed by atoms with Gasteiger partial charge in [0.1, 0.15) is 5.76 Å². The van der Waals surface area contributed by atoms with E-state index in [2.05, 4.69) is 36.4 Å². The van der Waals surface area contributed by atoms with Gasteiger partial charge >= 0.3 is 0 Å². The quantitative estimate of drug-likeness (QED) is 0.302. The highest BCUT2D eigenvalue weighted by atomic mass is 79.9. The van der Waals surface area contributed by atoms with Gasteiger partial charge in [-0.1, -0.05) is 72.3 Å². The highest BCUT2D eigenvalue weighted by Gasteiger charge is 2.45. The smallest absolute Gasteiger partial charge is 0.295 e. The molecule has 1 N–H and O–H groups in total. The zero-order chi connectivity index (χ0) is 20.4. The van der Waals surface area contributed by atoms with Gasteiger partial charge in [-0.3, -0.25) is 9.59 Å². The van der Waals surface area contributed by atoms with Gasteiger partial charge in [0.25, 0.3) is 11.7 Å². The second-order valence-electron chi connectivity index (χ2n) is 7.07. The lowest BCUT2D eigenvalue weighted by Gasteiger charge is -2.24. The van der Waals surface area contributed by atoms with Crippen LogP contribution in [0.25, 0.3) is 5.76 Å². The second kappa shape index (κ2) is 8.15. The fraction of sp³-hybridized carbons (Fsp3) is 0.217. The Morgan fingerprint density at radius 1 is 1.14 bits per heavy atom. The predicted molar refractivity (Wildman–Crippen MR) is 114 cm³/mol. The zero-order valence-electron chi connectivity index (χ0n) is 15.9. The lowest BCUT2D eigenvalue weighted by Crippen LogP contribution is -2.29. The van der Waals surface area contributed by atoms with Crippen molar-refractivity contribution in [1.29, 1.82) is 0 Å². The molecule has 4 nitrogen and oxygen atoms in total. The molecule has 144 valence electrons. The van der Waals surface area contributed by atoms with Crippen LogP contribution in [0, 0.1) is 0 Å². The maximum absolute atomic E-state index is 12.8. The van der Waals surface area contributed by atoms with Crippen molar-refractivity contribution < 1.29 is 14.7 Å². The summed E-state index contributed by atoms with van der Waals surface area (Å²) >= 11 is 3.36. The lowest BCUT2D eigenvalue weighted by molar-refractivity contribution is -0.139. The van der Waals surface area contributed by atoms with Gasteiger partial charge in [-0.05, 0) is 29.2 Å². The number of hydrogen-bond donors (Lipinski definition) is 1. The largest absolute Gasteiger partial charge is 0.507 e. The molecule has 0 spiro atoms. The Morgan fingerprint density at radius 3 is 2.29 bits per heavy atom. The van der Waals surface area contributed by atoms with Gasteiger partial charge in [-0.25, -0.2) is 0 Å². The summed E-state index contributed by atoms with van der Waals surface area (Å²) in [5.74, 6) is -1.11. The molecule has 0 aromatic heterocycles. The Labute approximate surface area is 173 Å². The molecule has 1 fully saturated rings. The van der Waals surface area contributed by atoms with Crippen LogP contribution in [0.1, 0.15) is 42.5 Å². The number of rotatable bonds is 5. The fourth-order valence-electron chi connectivity index (χ4n) is 3.38. The zero-order valence-corrected chi connectivity index (χ0v) is 17.4. The molecule has 0 radical (unpaired) electrons. The number of halogens is 1. The molecule has 1 atom stereocenters. The summed E-state index contributed by atoms with van der Waals surface area (Å²) in [5.41, 5.74) is 2.54. The molecule has 1 aliphatic rings. The number of Topliss-reactive ketones (excluding diaryl/α,β-unsaturated/α-hetero) is 1. The van der Waals surface area contributed by atoms with Crippen LogP contribution in [0.4, 0.5) is 0 Å². The van der Waals surface area contributed by atoms with Gasteiger partial charge in [-0.15, -0.1) is 6.58 Å². The number of aliphatic hydroxyl groups excluding tert-OH is 1. The van der Waals surface area contributed by atoms with Crippen LogP contribution in [0.15, 0.2) is 71.2 Å². The van der Waals surface area contributed by atoms with E-state index >= 15 is 0 Å². The molecule has 1 heterocycles. The normalized spacial score (nSPS) is 18.7. The minimum absolute atomic E-state index is 0.103. The number of hydrogen-bond acceptors (Lipinski definition) is 3. The minimum Gasteiger partial charge on any atom is -0.507 e. The SMILES string of the molecule is C=CCN1C(=O)C(=O)C(=C(O)c2ccc(Br)cc2)[C@H]1c1ccc(C(C)C)cc1. The number of aliphatic hydroxyl groups is 1. The number of amides is 1. The summed E-state index contributed by atoms with van der Waals surface area (Å²) < 4.78 is 0.858. The Hall–Kier alpha value is -2.66. The van der Waals surface area contributed by atoms with E-state index in [-0.39, 0.29) is 17.9 Å². The monoisotopic (exact) mass is 439 g/mol. The van der Waals surface area contributed by atoms with Crippen molar-refractivity contribution in [2.24, 2.45) is 0 Å². The Morgan fingerprint density at radius 2 is 1.75 bits per heavy atom. The van der Waals surface area contributed by atoms with Crippen LogP contribution in [-0.4, -0.2) is 28.2 Å². The molecule has 0 saturated carbocycles. The van der Waals surface area contributed by atoms with E-state index in [1.165, 1.54) is 4.90 Å². The molecule has 2 aromatic rings. The highest BCUT2D eigenvalue weighted by Crippen LogP contribution is 2.39. The molecule has 2 aromatic carbocycles. The van der Waals surface area contributed by atoms with Crippen molar-refractivity contribution in [3.8, 4) is 0 Å². The number of carbonyl (C=O) groups excluding carboxylic acids is 2. The summed E-state index contributed by atoms with van der Waals surface area (Å²) in [5, 5.41) is 10.9. The topological polar surface area (TPSA) is 57.6 Å². The third-order valence-electron chi connectivity index (χ3n) is 4.90. The maximum Gasteiger partial charge on any atom is 0.295 e. The first-order valence-electron chi connectivity index (χ1n) is 9.10. The van der Waals surface area contributed by atoms with E-state index < -0.39 is 17.7 Å². The maximum atomic E-state index is 12.8. The summed E-state index contributed by atoms with van der Waals surface area (Å²) in [4.78, 5) is 26.9. The van der Waals surface area contributed by atoms with Crippen LogP contribution < -0.4 is 0 Å². The van der Waals surface area contributed by atoms with Gasteiger partial charge in [0.05, 0.1) is 11.6 Å². The summed E-state index contributed by atoms with van der Waals surface area (Å²) in [6.07, 6.45) is 1.58. The average Bonchev–Trinajstić information content (AvgIpc) is 2.93. The Bertz CT molecular complexity index is 943. The van der Waals surface area contributed by atoms with Gasteiger partial charge < -0.3 is 10.0 Å². The Kier molecular flexibility index (Phi) is 5.84. The van der Waals surface area contributed by atoms with Crippen LogP contribution in [0.5, 0.6) is 0 Å². The first-order chi connectivity index (χ1) is 13.3. The van der Waals surface area contributed by atoms with E-state index in [1.54, 1.807) is 30.3 Å². The molecular weight excluding hydrogens is 418 g/mol. The number of carbonyl (C=O) groups is 2. The van der Waals surface area contributed by atoms with Crippen molar-refractivity contribution in [3.63, 3.8) is 0 Å². The van der Waals surface area contributed by atoms with E-state index in [1.807, 2.05) is 24.3 Å². The summed E-state index contributed by atoms with van der Waals surface area (Å²) in [7, 11) is 0. The molecular formula is C23H22BrNO3. The lowest BCUT2D eigenvalue weighted by atomic mass is 9.93. The molecule has 3 rings (SSSR count). The second-order valence-corrected chi connectivity index (χ2v) is 7.98. The first kappa shape index (κ1) is 20.1. The minimum atomic E-state index is -0.680. The van der Waals surface area contributed by atoms with Gasteiger partial charge in [0.15, 0.2) is 0 Å². The van der Waals surface area contributed by atoms with E-state index in [9.17, 15) is 14.7 Å². The molecule has 1 amide bonds. The number of likely N-dealkylation sites (tertiary alicyclic amines) is 1. The third kappa shape index (κ3) is 3.67. The average molecular weight is 440 g/mol. The van der Waals surface area contributed by atoms with E-state index in [4.69, 9.17) is 0 Å². The van der Waals surface area contributed by atoms with Crippen LogP contribution in [-0.2, 0) is 9.59 Å². The van der Waals surface area contributed by atoms with Crippen molar-refractivity contribution >= 4 is 33.4 Å². The molecule has 0 aliphatic carbocycles. The van der Waals surface area contributed by atoms with Crippen molar-refractivity contribution in [1.82, 2.24) is 4.90 Å². The summed E-state index contributed by atoms with van der Waals surface area (Å²) in [6.45, 7) is 8.13. The molecule has 5 heteroatoms. The Balaban J connectivity index is 2.15. The molecule has 28 heavy (non-hydrogen) atoms. The number of nitrogens with zero attached hydrogens (tertiary/aromatic N) is 1. The molecule has 1 aliphatic heterocycles. The van der Waals surface area contributed by atoms with E-state index in [0.717, 1.165) is 15.6 Å². The van der Waals surface area contributed by atoms with Crippen LogP contribution in [0.2, 0.25) is 0 Å². The fourth-order valence-corrected chi connectivity index (χ4v) is 3.64. The van der Waals surface area contributed by atoms with Crippen molar-refractivity contribution in [2.75, 3.05) is 6.54 Å². The van der Waals surface area contributed by atoms with Crippen molar-refractivity contribution in [2.45, 2.75) is 25.8 Å². The number of ketones is 1. The predicted octanol–water partition coefficient (Wildman–Crippen LogP) is 5.18. The van der Waals surface area contributed by atoms with Crippen LogP contribution >= 0.6 is 15.9 Å².